The van der Waals surface area contributed by atoms with Crippen molar-refractivity contribution in [3.8, 4) is 21.1 Å². The fourth-order valence-electron chi connectivity index (χ4n) is 5.27. The van der Waals surface area contributed by atoms with E-state index in [1.165, 1.54) is 34.8 Å². The standard InChI is InChI=1S/C20H16Cl2N2O3S.C19H14Cl2N2O3S/c1-11-4-2-3-5-13(11)20-24-17(10-28-20)19(27)23-16(9-18(25)26)14-7-6-12(21)8-15(14)22;20-12-6-7-13(14(21)8-12)15(9-17(24)25)22-18(26)16-10-27-19(23-16)11-4-2-1-3-5-11/h2-8,10,16H,9H2,1H3,(H,23,27)(H,25,26);1-8,10,15H,9H2,(H,22,26)(H,24,25)/t16-;15-/m00/s1. The number of carboxylic acid groups (broad SMARTS) is 2. The highest BCUT2D eigenvalue weighted by Crippen LogP contribution is 2.31. The Morgan fingerprint density at radius 3 is 1.56 bits per heavy atom. The zero-order valence-corrected chi connectivity index (χ0v) is 33.3. The van der Waals surface area contributed by atoms with Crippen LogP contribution in [-0.2, 0) is 9.59 Å². The molecule has 0 fully saturated rings. The molecule has 0 spiro atoms. The van der Waals surface area contributed by atoms with Gasteiger partial charge in [-0.25, -0.2) is 9.97 Å². The summed E-state index contributed by atoms with van der Waals surface area (Å²) in [6.45, 7) is 1.97. The van der Waals surface area contributed by atoms with Gasteiger partial charge in [0.05, 0.1) is 24.9 Å². The molecule has 282 valence electrons. The summed E-state index contributed by atoms with van der Waals surface area (Å²) in [5.41, 5.74) is 4.33. The monoisotopic (exact) mass is 854 g/mol. The van der Waals surface area contributed by atoms with Gasteiger partial charge in [0.2, 0.25) is 0 Å². The van der Waals surface area contributed by atoms with Crippen LogP contribution in [0.4, 0.5) is 0 Å². The average Bonchev–Trinajstić information content (AvgIpc) is 3.83. The highest BCUT2D eigenvalue weighted by Gasteiger charge is 2.24. The summed E-state index contributed by atoms with van der Waals surface area (Å²) in [5, 5.41) is 30.0. The number of nitrogens with one attached hydrogen (secondary N) is 2. The maximum Gasteiger partial charge on any atom is 0.305 e. The molecule has 10 nitrogen and oxygen atoms in total. The lowest BCUT2D eigenvalue weighted by molar-refractivity contribution is -0.138. The Morgan fingerprint density at radius 2 is 1.09 bits per heavy atom. The summed E-state index contributed by atoms with van der Waals surface area (Å²) in [6.07, 6.45) is -0.634. The van der Waals surface area contributed by atoms with Gasteiger partial charge >= 0.3 is 11.9 Å². The van der Waals surface area contributed by atoms with E-state index in [0.29, 0.717) is 26.2 Å². The maximum absolute atomic E-state index is 12.7. The molecule has 2 amide bonds. The molecule has 2 atom stereocenters. The third-order valence-electron chi connectivity index (χ3n) is 7.91. The van der Waals surface area contributed by atoms with E-state index in [-0.39, 0.29) is 34.3 Å². The number of halogens is 4. The number of benzene rings is 4. The highest BCUT2D eigenvalue weighted by atomic mass is 35.5. The van der Waals surface area contributed by atoms with Crippen molar-refractivity contribution in [2.24, 2.45) is 0 Å². The van der Waals surface area contributed by atoms with E-state index in [4.69, 9.17) is 46.4 Å². The van der Waals surface area contributed by atoms with Crippen LogP contribution in [0.3, 0.4) is 0 Å². The molecular weight excluding hydrogens is 826 g/mol. The first-order chi connectivity index (χ1) is 26.3. The third-order valence-corrected chi connectivity index (χ3v) is 10.8. The SMILES string of the molecule is Cc1ccccc1-c1nc(C(=O)N[C@@H](CC(=O)O)c2ccc(Cl)cc2Cl)cs1.O=C(O)C[C@H](NC(=O)c1csc(-c2ccccc2)n1)c1ccc(Cl)cc1Cl. The Bertz CT molecular complexity index is 2340. The molecule has 0 unspecified atom stereocenters. The molecule has 2 heterocycles. The first-order valence-electron chi connectivity index (χ1n) is 16.3. The molecule has 6 aromatic rings. The first-order valence-corrected chi connectivity index (χ1v) is 19.5. The maximum atomic E-state index is 12.7. The molecule has 4 aromatic carbocycles. The Kier molecular flexibility index (Phi) is 14.4. The topological polar surface area (TPSA) is 159 Å². The predicted octanol–water partition coefficient (Wildman–Crippen LogP) is 10.4. The van der Waals surface area contributed by atoms with Crippen LogP contribution >= 0.6 is 69.1 Å². The van der Waals surface area contributed by atoms with Gasteiger partial charge in [0.1, 0.15) is 21.4 Å². The van der Waals surface area contributed by atoms with E-state index in [1.807, 2.05) is 61.5 Å². The van der Waals surface area contributed by atoms with E-state index >= 15 is 0 Å². The van der Waals surface area contributed by atoms with Crippen molar-refractivity contribution in [1.29, 1.82) is 0 Å². The van der Waals surface area contributed by atoms with E-state index < -0.39 is 35.8 Å². The smallest absolute Gasteiger partial charge is 0.305 e. The van der Waals surface area contributed by atoms with Crippen LogP contribution in [0.1, 0.15) is 62.6 Å². The molecule has 0 saturated heterocycles. The van der Waals surface area contributed by atoms with Gasteiger partial charge in [0.15, 0.2) is 0 Å². The lowest BCUT2D eigenvalue weighted by atomic mass is 10.0. The van der Waals surface area contributed by atoms with Crippen molar-refractivity contribution >= 4 is 92.8 Å². The normalized spacial score (nSPS) is 11.8. The molecule has 0 radical (unpaired) electrons. The molecule has 0 aliphatic heterocycles. The summed E-state index contributed by atoms with van der Waals surface area (Å²) in [6, 6.07) is 25.1. The van der Waals surface area contributed by atoms with Gasteiger partial charge in [-0.3, -0.25) is 19.2 Å². The molecular formula is C39H30Cl4N4O6S2. The van der Waals surface area contributed by atoms with Gasteiger partial charge in [-0.2, -0.15) is 0 Å². The average molecular weight is 857 g/mol. The fourth-order valence-corrected chi connectivity index (χ4v) is 8.04. The first kappa shape index (κ1) is 41.3. The van der Waals surface area contributed by atoms with Gasteiger partial charge in [-0.05, 0) is 47.9 Å². The number of rotatable bonds is 12. The lowest BCUT2D eigenvalue weighted by Crippen LogP contribution is -2.30. The van der Waals surface area contributed by atoms with Crippen LogP contribution in [0.2, 0.25) is 20.1 Å². The summed E-state index contributed by atoms with van der Waals surface area (Å²) >= 11 is 26.9. The molecule has 0 aliphatic carbocycles. The number of thiazole rings is 2. The Morgan fingerprint density at radius 1 is 0.636 bits per heavy atom. The van der Waals surface area contributed by atoms with Gasteiger partial charge < -0.3 is 20.8 Å². The minimum Gasteiger partial charge on any atom is -0.481 e. The number of hydrogen-bond acceptors (Lipinski definition) is 8. The van der Waals surface area contributed by atoms with Crippen molar-refractivity contribution in [1.82, 2.24) is 20.6 Å². The zero-order valence-electron chi connectivity index (χ0n) is 28.6. The van der Waals surface area contributed by atoms with E-state index in [1.54, 1.807) is 35.0 Å². The number of aliphatic carboxylic acids is 2. The largest absolute Gasteiger partial charge is 0.481 e. The van der Waals surface area contributed by atoms with Crippen molar-refractivity contribution in [2.75, 3.05) is 0 Å². The number of nitrogens with zero attached hydrogens (tertiary/aromatic N) is 2. The minimum absolute atomic E-state index is 0.222. The second kappa shape index (κ2) is 19.2. The van der Waals surface area contributed by atoms with Crippen LogP contribution in [-0.4, -0.2) is 43.9 Å². The Hall–Kier alpha value is -4.82. The number of amides is 2. The molecule has 2 aromatic heterocycles. The number of carbonyl (C=O) groups is 4. The van der Waals surface area contributed by atoms with Crippen LogP contribution in [0, 0.1) is 6.92 Å². The van der Waals surface area contributed by atoms with Crippen LogP contribution < -0.4 is 10.6 Å². The van der Waals surface area contributed by atoms with Crippen LogP contribution in [0.25, 0.3) is 21.1 Å². The quantitative estimate of drug-likeness (QED) is 0.0947. The van der Waals surface area contributed by atoms with Crippen molar-refractivity contribution < 1.29 is 29.4 Å². The number of hydrogen-bond donors (Lipinski definition) is 4. The molecule has 0 bridgehead atoms. The number of carboxylic acids is 2. The van der Waals surface area contributed by atoms with Crippen LogP contribution in [0.15, 0.2) is 102 Å². The van der Waals surface area contributed by atoms with E-state index in [2.05, 4.69) is 20.6 Å². The fraction of sp³-hybridized carbons (Fsp3) is 0.128. The zero-order chi connectivity index (χ0) is 39.6. The van der Waals surface area contributed by atoms with Crippen LogP contribution in [0.5, 0.6) is 0 Å². The number of carbonyl (C=O) groups excluding carboxylic acids is 2. The van der Waals surface area contributed by atoms with Crippen molar-refractivity contribution in [3.63, 3.8) is 0 Å². The summed E-state index contributed by atoms with van der Waals surface area (Å²) in [4.78, 5) is 56.6. The van der Waals surface area contributed by atoms with E-state index in [0.717, 1.165) is 21.7 Å². The molecule has 0 saturated carbocycles. The van der Waals surface area contributed by atoms with Gasteiger partial charge in [0.25, 0.3) is 11.8 Å². The second-order valence-corrected chi connectivity index (χ2v) is 15.2. The minimum atomic E-state index is -1.06. The van der Waals surface area contributed by atoms with Crippen molar-refractivity contribution in [3.05, 3.63) is 150 Å². The summed E-state index contributed by atoms with van der Waals surface area (Å²) in [7, 11) is 0. The lowest BCUT2D eigenvalue weighted by Gasteiger charge is -2.18. The number of aromatic nitrogens is 2. The Balaban J connectivity index is 0.000000211. The third kappa shape index (κ3) is 11.4. The van der Waals surface area contributed by atoms with Gasteiger partial charge in [-0.1, -0.05) is 113 Å². The summed E-state index contributed by atoms with van der Waals surface area (Å²) in [5.74, 6) is -3.05. The molecule has 55 heavy (non-hydrogen) atoms. The molecule has 4 N–H and O–H groups in total. The van der Waals surface area contributed by atoms with Gasteiger partial charge in [0, 0.05) is 42.0 Å². The predicted molar refractivity (Wildman–Crippen MR) is 218 cm³/mol. The summed E-state index contributed by atoms with van der Waals surface area (Å²) < 4.78 is 0. The van der Waals surface area contributed by atoms with Crippen molar-refractivity contribution in [2.45, 2.75) is 31.8 Å². The second-order valence-electron chi connectivity index (χ2n) is 11.8. The molecule has 0 aliphatic rings. The van der Waals surface area contributed by atoms with Gasteiger partial charge in [-0.15, -0.1) is 22.7 Å². The Labute approximate surface area is 343 Å². The molecule has 6 rings (SSSR count). The van der Waals surface area contributed by atoms with E-state index in [9.17, 15) is 29.4 Å². The molecule has 16 heteroatoms. The number of aryl methyl sites for hydroxylation is 1. The highest BCUT2D eigenvalue weighted by molar-refractivity contribution is 7.13.